The highest BCUT2D eigenvalue weighted by molar-refractivity contribution is 6.04. The van der Waals surface area contributed by atoms with E-state index in [4.69, 9.17) is 4.74 Å². The van der Waals surface area contributed by atoms with E-state index in [-0.39, 0.29) is 5.91 Å². The van der Waals surface area contributed by atoms with E-state index < -0.39 is 0 Å². The Balaban J connectivity index is 1.65. The SMILES string of the molecule is O=C(Nc1ccc(Oc2ccccc2)cc1)c1cc[nH]c1. The van der Waals surface area contributed by atoms with Crippen LogP contribution in [0.15, 0.2) is 73.1 Å². The molecule has 1 amide bonds. The lowest BCUT2D eigenvalue weighted by molar-refractivity contribution is 0.102. The second-order valence-corrected chi connectivity index (χ2v) is 4.49. The van der Waals surface area contributed by atoms with Crippen molar-refractivity contribution in [3.05, 3.63) is 78.6 Å². The number of aromatic amines is 1. The van der Waals surface area contributed by atoms with E-state index in [2.05, 4.69) is 10.3 Å². The van der Waals surface area contributed by atoms with Crippen LogP contribution in [0.2, 0.25) is 0 Å². The number of rotatable bonds is 4. The van der Waals surface area contributed by atoms with E-state index in [0.29, 0.717) is 5.56 Å². The zero-order chi connectivity index (χ0) is 14.5. The number of hydrogen-bond donors (Lipinski definition) is 2. The molecule has 0 spiro atoms. The molecule has 4 heteroatoms. The Kier molecular flexibility index (Phi) is 3.69. The van der Waals surface area contributed by atoms with Gasteiger partial charge in [0.2, 0.25) is 0 Å². The predicted octanol–water partition coefficient (Wildman–Crippen LogP) is 4.06. The molecule has 0 aliphatic rings. The summed E-state index contributed by atoms with van der Waals surface area (Å²) >= 11 is 0. The highest BCUT2D eigenvalue weighted by Gasteiger charge is 2.06. The van der Waals surface area contributed by atoms with Gasteiger partial charge in [-0.25, -0.2) is 0 Å². The van der Waals surface area contributed by atoms with E-state index in [1.165, 1.54) is 0 Å². The normalized spacial score (nSPS) is 10.1. The number of para-hydroxylation sites is 1. The number of anilines is 1. The number of carbonyl (C=O) groups excluding carboxylic acids is 1. The lowest BCUT2D eigenvalue weighted by Crippen LogP contribution is -2.10. The van der Waals surface area contributed by atoms with Crippen LogP contribution in [0, 0.1) is 0 Å². The first kappa shape index (κ1) is 13.0. The molecule has 1 heterocycles. The number of carbonyl (C=O) groups is 1. The van der Waals surface area contributed by atoms with Crippen molar-refractivity contribution in [2.75, 3.05) is 5.32 Å². The second-order valence-electron chi connectivity index (χ2n) is 4.49. The third-order valence-corrected chi connectivity index (χ3v) is 2.95. The summed E-state index contributed by atoms with van der Waals surface area (Å²) in [4.78, 5) is 14.7. The van der Waals surface area contributed by atoms with Crippen LogP contribution in [0.1, 0.15) is 10.4 Å². The molecule has 104 valence electrons. The minimum Gasteiger partial charge on any atom is -0.457 e. The van der Waals surface area contributed by atoms with Crippen LogP contribution in [-0.4, -0.2) is 10.9 Å². The summed E-state index contributed by atoms with van der Waals surface area (Å²) in [5.41, 5.74) is 1.32. The maximum Gasteiger partial charge on any atom is 0.257 e. The number of ether oxygens (including phenoxy) is 1. The van der Waals surface area contributed by atoms with Crippen molar-refractivity contribution in [3.8, 4) is 11.5 Å². The molecule has 0 bridgehead atoms. The van der Waals surface area contributed by atoms with Gasteiger partial charge in [0.15, 0.2) is 0 Å². The predicted molar refractivity (Wildman–Crippen MR) is 81.7 cm³/mol. The Bertz CT molecular complexity index is 704. The lowest BCUT2D eigenvalue weighted by Gasteiger charge is -2.07. The monoisotopic (exact) mass is 278 g/mol. The molecule has 1 aromatic heterocycles. The molecule has 0 saturated heterocycles. The summed E-state index contributed by atoms with van der Waals surface area (Å²) in [7, 11) is 0. The summed E-state index contributed by atoms with van der Waals surface area (Å²) in [6.07, 6.45) is 3.37. The summed E-state index contributed by atoms with van der Waals surface area (Å²) < 4.78 is 5.69. The number of aromatic nitrogens is 1. The smallest absolute Gasteiger partial charge is 0.257 e. The maximum absolute atomic E-state index is 11.9. The minimum absolute atomic E-state index is 0.145. The molecule has 0 fully saturated rings. The van der Waals surface area contributed by atoms with Crippen LogP contribution >= 0.6 is 0 Å². The van der Waals surface area contributed by atoms with E-state index in [1.807, 2.05) is 54.6 Å². The largest absolute Gasteiger partial charge is 0.457 e. The van der Waals surface area contributed by atoms with Gasteiger partial charge < -0.3 is 15.0 Å². The molecule has 0 radical (unpaired) electrons. The zero-order valence-corrected chi connectivity index (χ0v) is 11.2. The van der Waals surface area contributed by atoms with Crippen molar-refractivity contribution in [2.45, 2.75) is 0 Å². The fraction of sp³-hybridized carbons (Fsp3) is 0. The average Bonchev–Trinajstić information content (AvgIpc) is 3.05. The molecular weight excluding hydrogens is 264 g/mol. The number of H-pyrrole nitrogens is 1. The lowest BCUT2D eigenvalue weighted by atomic mass is 10.2. The minimum atomic E-state index is -0.145. The summed E-state index contributed by atoms with van der Waals surface area (Å²) in [5.74, 6) is 1.36. The van der Waals surface area contributed by atoms with Crippen molar-refractivity contribution in [3.63, 3.8) is 0 Å². The topological polar surface area (TPSA) is 54.1 Å². The molecule has 21 heavy (non-hydrogen) atoms. The third kappa shape index (κ3) is 3.30. The second kappa shape index (κ2) is 5.96. The van der Waals surface area contributed by atoms with E-state index >= 15 is 0 Å². The highest BCUT2D eigenvalue weighted by atomic mass is 16.5. The number of nitrogens with one attached hydrogen (secondary N) is 2. The molecule has 4 nitrogen and oxygen atoms in total. The summed E-state index contributed by atoms with van der Waals surface area (Å²) in [6, 6.07) is 18.5. The van der Waals surface area contributed by atoms with Gasteiger partial charge in [0.05, 0.1) is 5.56 Å². The van der Waals surface area contributed by atoms with Gasteiger partial charge >= 0.3 is 0 Å². The van der Waals surface area contributed by atoms with Crippen molar-refractivity contribution in [1.29, 1.82) is 0 Å². The van der Waals surface area contributed by atoms with Crippen LogP contribution in [0.4, 0.5) is 5.69 Å². The highest BCUT2D eigenvalue weighted by Crippen LogP contribution is 2.22. The van der Waals surface area contributed by atoms with Crippen LogP contribution in [0.25, 0.3) is 0 Å². The molecule has 3 aromatic rings. The Hall–Kier alpha value is -3.01. The van der Waals surface area contributed by atoms with E-state index in [9.17, 15) is 4.79 Å². The molecule has 3 rings (SSSR count). The van der Waals surface area contributed by atoms with Crippen LogP contribution in [0.3, 0.4) is 0 Å². The van der Waals surface area contributed by atoms with Gasteiger partial charge in [0.1, 0.15) is 11.5 Å². The fourth-order valence-electron chi connectivity index (χ4n) is 1.90. The van der Waals surface area contributed by atoms with Gasteiger partial charge in [-0.1, -0.05) is 18.2 Å². The Morgan fingerprint density at radius 3 is 2.29 bits per heavy atom. The fourth-order valence-corrected chi connectivity index (χ4v) is 1.90. The van der Waals surface area contributed by atoms with E-state index in [0.717, 1.165) is 17.2 Å². The van der Waals surface area contributed by atoms with Crippen molar-refractivity contribution in [2.24, 2.45) is 0 Å². The zero-order valence-electron chi connectivity index (χ0n) is 11.2. The van der Waals surface area contributed by atoms with Crippen molar-refractivity contribution < 1.29 is 9.53 Å². The molecule has 2 aromatic carbocycles. The van der Waals surface area contributed by atoms with Crippen molar-refractivity contribution >= 4 is 11.6 Å². The summed E-state index contributed by atoms with van der Waals surface area (Å²) in [6.45, 7) is 0. The van der Waals surface area contributed by atoms with Crippen molar-refractivity contribution in [1.82, 2.24) is 4.98 Å². The van der Waals surface area contributed by atoms with Gasteiger partial charge in [-0.15, -0.1) is 0 Å². The summed E-state index contributed by atoms with van der Waals surface area (Å²) in [5, 5.41) is 2.82. The Labute approximate surface area is 122 Å². The van der Waals surface area contributed by atoms with Gasteiger partial charge in [0.25, 0.3) is 5.91 Å². The number of benzene rings is 2. The quantitative estimate of drug-likeness (QED) is 0.756. The van der Waals surface area contributed by atoms with E-state index in [1.54, 1.807) is 18.5 Å². The average molecular weight is 278 g/mol. The van der Waals surface area contributed by atoms with Gasteiger partial charge in [-0.05, 0) is 42.5 Å². The maximum atomic E-state index is 11.9. The van der Waals surface area contributed by atoms with Crippen LogP contribution in [-0.2, 0) is 0 Å². The van der Waals surface area contributed by atoms with Crippen LogP contribution < -0.4 is 10.1 Å². The van der Waals surface area contributed by atoms with Crippen LogP contribution in [0.5, 0.6) is 11.5 Å². The van der Waals surface area contributed by atoms with Gasteiger partial charge in [-0.2, -0.15) is 0 Å². The first-order valence-corrected chi connectivity index (χ1v) is 6.58. The molecule has 0 saturated carbocycles. The number of amides is 1. The Morgan fingerprint density at radius 1 is 0.905 bits per heavy atom. The molecule has 0 aliphatic heterocycles. The first-order valence-electron chi connectivity index (χ1n) is 6.58. The molecule has 0 atom stereocenters. The first-order chi connectivity index (χ1) is 10.3. The third-order valence-electron chi connectivity index (χ3n) is 2.95. The molecule has 2 N–H and O–H groups in total. The van der Waals surface area contributed by atoms with Gasteiger partial charge in [0, 0.05) is 18.1 Å². The standard InChI is InChI=1S/C17H14N2O2/c20-17(13-10-11-18-12-13)19-14-6-8-16(9-7-14)21-15-4-2-1-3-5-15/h1-12,18H,(H,19,20). The molecular formula is C17H14N2O2. The molecule has 0 aliphatic carbocycles. The number of hydrogen-bond acceptors (Lipinski definition) is 2. The Morgan fingerprint density at radius 2 is 1.62 bits per heavy atom. The van der Waals surface area contributed by atoms with Gasteiger partial charge in [-0.3, -0.25) is 4.79 Å². The molecule has 0 unspecified atom stereocenters.